The zero-order chi connectivity index (χ0) is 24.7. The highest BCUT2D eigenvalue weighted by Gasteiger charge is 2.57. The summed E-state index contributed by atoms with van der Waals surface area (Å²) in [7, 11) is 0. The van der Waals surface area contributed by atoms with Crippen LogP contribution in [0.4, 0.5) is 18.0 Å². The normalized spacial score (nSPS) is 25.6. The van der Waals surface area contributed by atoms with Crippen molar-refractivity contribution in [2.75, 3.05) is 26.2 Å². The highest BCUT2D eigenvalue weighted by atomic mass is 19.4. The smallest absolute Gasteiger partial charge is 0.417 e. The quantitative estimate of drug-likeness (QED) is 0.671. The van der Waals surface area contributed by atoms with Gasteiger partial charge in [-0.05, 0) is 57.3 Å². The van der Waals surface area contributed by atoms with E-state index in [1.807, 2.05) is 9.80 Å². The zero-order valence-corrected chi connectivity index (χ0v) is 20.1. The lowest BCUT2D eigenvalue weighted by Crippen LogP contribution is -2.69. The van der Waals surface area contributed by atoms with Gasteiger partial charge in [0, 0.05) is 55.3 Å². The topological polar surface area (TPSA) is 104 Å². The molecule has 2 aliphatic heterocycles. The second-order valence-electron chi connectivity index (χ2n) is 12.1. The largest absolute Gasteiger partial charge is 0.470 e. The molecule has 3 aliphatic carbocycles. The van der Waals surface area contributed by atoms with E-state index < -0.39 is 12.1 Å². The Morgan fingerprint density at radius 1 is 0.972 bits per heavy atom. The van der Waals surface area contributed by atoms with E-state index in [4.69, 9.17) is 9.40 Å². The third-order valence-electron chi connectivity index (χ3n) is 9.19. The minimum absolute atomic E-state index is 0.0602. The van der Waals surface area contributed by atoms with Gasteiger partial charge in [-0.1, -0.05) is 0 Å². The first-order valence-electron chi connectivity index (χ1n) is 13.1. The maximum Gasteiger partial charge on any atom is 0.470 e. The lowest BCUT2D eigenvalue weighted by Gasteiger charge is -2.61. The number of hydrogen-bond acceptors (Lipinski definition) is 6. The molecule has 194 valence electrons. The Balaban J connectivity index is 0.843. The molecule has 0 unspecified atom stereocenters. The number of aromatic amines is 1. The Bertz CT molecular complexity index is 1140. The lowest BCUT2D eigenvalue weighted by molar-refractivity contribution is -0.157. The summed E-state index contributed by atoms with van der Waals surface area (Å²) in [5.41, 5.74) is 0.412. The number of halogens is 3. The van der Waals surface area contributed by atoms with Gasteiger partial charge < -0.3 is 14.2 Å². The molecule has 9 nitrogen and oxygen atoms in total. The SMILES string of the molecule is O=C(N1CC2(CCC(Cc3nnc(C(F)(F)F)o3)CC2)C1)N1CC2(CC(c3n[nH]c(C4CC4)n3)C2)C1. The van der Waals surface area contributed by atoms with Crippen LogP contribution in [0.3, 0.4) is 0 Å². The number of hydrogen-bond donors (Lipinski definition) is 1. The van der Waals surface area contributed by atoms with Crippen LogP contribution in [-0.2, 0) is 12.6 Å². The van der Waals surface area contributed by atoms with Crippen molar-refractivity contribution in [2.24, 2.45) is 16.7 Å². The number of nitrogens with one attached hydrogen (secondary N) is 1. The molecule has 5 fully saturated rings. The van der Waals surface area contributed by atoms with E-state index in [-0.39, 0.29) is 28.7 Å². The van der Waals surface area contributed by atoms with Gasteiger partial charge in [0.05, 0.1) is 0 Å². The number of amides is 2. The van der Waals surface area contributed by atoms with Crippen LogP contribution in [0.15, 0.2) is 4.42 Å². The van der Waals surface area contributed by atoms with Crippen molar-refractivity contribution < 1.29 is 22.4 Å². The van der Waals surface area contributed by atoms with Crippen LogP contribution >= 0.6 is 0 Å². The number of aromatic nitrogens is 5. The molecule has 7 rings (SSSR count). The average Bonchev–Trinajstić information content (AvgIpc) is 3.29. The van der Waals surface area contributed by atoms with Gasteiger partial charge in [0.2, 0.25) is 5.89 Å². The molecule has 2 aromatic heterocycles. The molecule has 1 N–H and O–H groups in total. The molecule has 4 heterocycles. The number of likely N-dealkylation sites (tertiary alicyclic amines) is 2. The second kappa shape index (κ2) is 7.67. The number of urea groups is 1. The summed E-state index contributed by atoms with van der Waals surface area (Å²) in [5, 5.41) is 14.2. The highest BCUT2D eigenvalue weighted by Crippen LogP contribution is 2.56. The molecule has 2 saturated heterocycles. The van der Waals surface area contributed by atoms with Crippen molar-refractivity contribution >= 4 is 6.03 Å². The van der Waals surface area contributed by atoms with E-state index >= 15 is 0 Å². The van der Waals surface area contributed by atoms with Gasteiger partial charge in [-0.2, -0.15) is 18.3 Å². The monoisotopic (exact) mass is 505 g/mol. The van der Waals surface area contributed by atoms with Crippen molar-refractivity contribution in [3.05, 3.63) is 23.4 Å². The van der Waals surface area contributed by atoms with E-state index in [1.165, 1.54) is 12.8 Å². The van der Waals surface area contributed by atoms with Gasteiger partial charge in [-0.25, -0.2) is 9.78 Å². The van der Waals surface area contributed by atoms with E-state index in [2.05, 4.69) is 20.4 Å². The number of rotatable bonds is 4. The van der Waals surface area contributed by atoms with Crippen molar-refractivity contribution in [1.29, 1.82) is 0 Å². The van der Waals surface area contributed by atoms with Crippen LogP contribution in [0, 0.1) is 16.7 Å². The first kappa shape index (κ1) is 22.5. The summed E-state index contributed by atoms with van der Waals surface area (Å²) in [6.07, 6.45) is 4.11. The summed E-state index contributed by atoms with van der Waals surface area (Å²) in [6.45, 7) is 3.23. The molecule has 2 aromatic rings. The molecule has 0 aromatic carbocycles. The van der Waals surface area contributed by atoms with Crippen molar-refractivity contribution in [1.82, 2.24) is 35.2 Å². The van der Waals surface area contributed by atoms with E-state index in [0.29, 0.717) is 18.3 Å². The predicted molar refractivity (Wildman–Crippen MR) is 119 cm³/mol. The first-order valence-corrected chi connectivity index (χ1v) is 13.1. The van der Waals surface area contributed by atoms with Crippen LogP contribution in [-0.4, -0.2) is 67.4 Å². The fraction of sp³-hybridized carbons (Fsp3) is 0.792. The lowest BCUT2D eigenvalue weighted by atomic mass is 9.57. The van der Waals surface area contributed by atoms with Crippen LogP contribution in [0.2, 0.25) is 0 Å². The van der Waals surface area contributed by atoms with Crippen LogP contribution < -0.4 is 0 Å². The third kappa shape index (κ3) is 3.87. The van der Waals surface area contributed by atoms with Gasteiger partial charge in [0.1, 0.15) is 5.82 Å². The van der Waals surface area contributed by atoms with Crippen LogP contribution in [0.5, 0.6) is 0 Å². The molecule has 36 heavy (non-hydrogen) atoms. The molecular weight excluding hydrogens is 475 g/mol. The predicted octanol–water partition coefficient (Wildman–Crippen LogP) is 4.12. The molecule has 0 bridgehead atoms. The Hall–Kier alpha value is -2.66. The summed E-state index contributed by atoms with van der Waals surface area (Å²) in [6, 6.07) is 0.149. The van der Waals surface area contributed by atoms with E-state index in [1.54, 1.807) is 0 Å². The number of H-pyrrole nitrogens is 1. The molecule has 2 amide bonds. The molecule has 0 atom stereocenters. The van der Waals surface area contributed by atoms with E-state index in [0.717, 1.165) is 76.4 Å². The van der Waals surface area contributed by atoms with Gasteiger partial charge in [0.15, 0.2) is 5.82 Å². The standard InChI is InChI=1S/C24H30F3N7O2/c25-24(26,27)20-32-29-17(36-20)7-14-3-5-22(6-4-14)10-33(11-22)21(35)34-12-23(13-34)8-16(9-23)19-28-18(30-31-19)15-1-2-15/h14-16H,1-13H2,(H,28,30,31). The van der Waals surface area contributed by atoms with Gasteiger partial charge in [-0.3, -0.25) is 5.10 Å². The Labute approximate surface area is 206 Å². The van der Waals surface area contributed by atoms with Gasteiger partial charge >= 0.3 is 18.1 Å². The van der Waals surface area contributed by atoms with Crippen molar-refractivity contribution in [2.45, 2.75) is 75.8 Å². The minimum Gasteiger partial charge on any atom is -0.417 e. The van der Waals surface area contributed by atoms with E-state index in [9.17, 15) is 18.0 Å². The first-order chi connectivity index (χ1) is 17.2. The molecule has 3 saturated carbocycles. The number of carbonyl (C=O) groups excluding carboxylic acids is 1. The van der Waals surface area contributed by atoms with Crippen molar-refractivity contribution in [3.8, 4) is 0 Å². The number of carbonyl (C=O) groups is 1. The fourth-order valence-corrected chi connectivity index (χ4v) is 6.94. The highest BCUT2D eigenvalue weighted by molar-refractivity contribution is 5.76. The molecular formula is C24H30F3N7O2. The second-order valence-corrected chi connectivity index (χ2v) is 12.1. The zero-order valence-electron chi connectivity index (χ0n) is 20.1. The average molecular weight is 506 g/mol. The maximum absolute atomic E-state index is 13.0. The minimum atomic E-state index is -4.60. The molecule has 0 radical (unpaired) electrons. The summed E-state index contributed by atoms with van der Waals surface area (Å²) < 4.78 is 42.8. The third-order valence-corrected chi connectivity index (χ3v) is 9.19. The molecule has 2 spiro atoms. The Morgan fingerprint density at radius 3 is 2.25 bits per heavy atom. The Kier molecular flexibility index (Phi) is 4.80. The summed E-state index contributed by atoms with van der Waals surface area (Å²) >= 11 is 0. The van der Waals surface area contributed by atoms with Crippen molar-refractivity contribution in [3.63, 3.8) is 0 Å². The van der Waals surface area contributed by atoms with Gasteiger partial charge in [-0.15, -0.1) is 10.2 Å². The molecule has 5 aliphatic rings. The number of alkyl halides is 3. The summed E-state index contributed by atoms with van der Waals surface area (Å²) in [4.78, 5) is 21.6. The van der Waals surface area contributed by atoms with Crippen LogP contribution in [0.25, 0.3) is 0 Å². The number of nitrogens with zero attached hydrogens (tertiary/aromatic N) is 6. The molecule has 12 heteroatoms. The van der Waals surface area contributed by atoms with Crippen LogP contribution in [0.1, 0.15) is 86.6 Å². The maximum atomic E-state index is 13.0. The van der Waals surface area contributed by atoms with Gasteiger partial charge in [0.25, 0.3) is 0 Å². The fourth-order valence-electron chi connectivity index (χ4n) is 6.94. The Morgan fingerprint density at radius 2 is 1.64 bits per heavy atom. The summed E-state index contributed by atoms with van der Waals surface area (Å²) in [5.74, 6) is 2.03.